The number of ether oxygens (including phenoxy) is 1. The topological polar surface area (TPSA) is 24.5 Å². The lowest BCUT2D eigenvalue weighted by molar-refractivity contribution is -0.0114. The Hall–Kier alpha value is -0.320. The Morgan fingerprint density at radius 1 is 1.40 bits per heavy atom. The van der Waals surface area contributed by atoms with Gasteiger partial charge in [-0.2, -0.15) is 0 Å². The van der Waals surface area contributed by atoms with Crippen molar-refractivity contribution in [2.24, 2.45) is 0 Å². The van der Waals surface area contributed by atoms with E-state index in [2.05, 4.69) is 24.1 Å². The lowest BCUT2D eigenvalue weighted by Gasteiger charge is -2.36. The highest BCUT2D eigenvalue weighted by molar-refractivity contribution is 6.35. The summed E-state index contributed by atoms with van der Waals surface area (Å²) in [5, 5.41) is 4.89. The summed E-state index contributed by atoms with van der Waals surface area (Å²) in [6.45, 7) is 8.57. The molecular weight excluding hydrogens is 295 g/mol. The molecule has 2 rings (SSSR count). The van der Waals surface area contributed by atoms with Gasteiger partial charge in [-0.3, -0.25) is 4.90 Å². The summed E-state index contributed by atoms with van der Waals surface area (Å²) in [6, 6.07) is 6.58. The van der Waals surface area contributed by atoms with E-state index in [1.54, 1.807) is 6.07 Å². The number of hydrogen-bond donors (Lipinski definition) is 1. The van der Waals surface area contributed by atoms with Crippen LogP contribution in [0, 0.1) is 0 Å². The first-order chi connectivity index (χ1) is 9.56. The third-order valence-corrected chi connectivity index (χ3v) is 4.09. The predicted octanol–water partition coefficient (Wildman–Crippen LogP) is 3.19. The van der Waals surface area contributed by atoms with Crippen molar-refractivity contribution >= 4 is 23.2 Å². The molecule has 1 saturated heterocycles. The molecule has 0 aromatic heterocycles. The quantitative estimate of drug-likeness (QED) is 0.903. The highest BCUT2D eigenvalue weighted by Gasteiger charge is 2.23. The summed E-state index contributed by atoms with van der Waals surface area (Å²) >= 11 is 12.2. The van der Waals surface area contributed by atoms with Crippen LogP contribution in [-0.4, -0.2) is 43.3 Å². The Morgan fingerprint density at radius 2 is 2.20 bits per heavy atom. The number of nitrogens with one attached hydrogen (secondary N) is 1. The molecule has 0 bridgehead atoms. The second-order valence-electron chi connectivity index (χ2n) is 5.50. The molecule has 1 aliphatic heterocycles. The van der Waals surface area contributed by atoms with Gasteiger partial charge in [-0.05, 0) is 17.7 Å². The van der Waals surface area contributed by atoms with Crippen molar-refractivity contribution in [1.29, 1.82) is 0 Å². The van der Waals surface area contributed by atoms with Crippen molar-refractivity contribution in [3.05, 3.63) is 33.8 Å². The third-order valence-electron chi connectivity index (χ3n) is 3.50. The number of benzene rings is 1. The van der Waals surface area contributed by atoms with E-state index in [1.807, 2.05) is 12.1 Å². The molecule has 1 aromatic carbocycles. The van der Waals surface area contributed by atoms with Crippen LogP contribution in [0.3, 0.4) is 0 Å². The Balaban J connectivity index is 2.00. The van der Waals surface area contributed by atoms with E-state index < -0.39 is 0 Å². The SMILES string of the molecule is CC(C)NCC1COCCN1Cc1ccc(Cl)cc1Cl. The largest absolute Gasteiger partial charge is 0.378 e. The summed E-state index contributed by atoms with van der Waals surface area (Å²) in [5.74, 6) is 0. The molecule has 112 valence electrons. The number of hydrogen-bond acceptors (Lipinski definition) is 3. The molecule has 5 heteroatoms. The van der Waals surface area contributed by atoms with Gasteiger partial charge in [-0.25, -0.2) is 0 Å². The molecule has 0 aliphatic carbocycles. The van der Waals surface area contributed by atoms with Gasteiger partial charge in [0.1, 0.15) is 0 Å². The number of rotatable bonds is 5. The molecule has 1 aliphatic rings. The zero-order valence-corrected chi connectivity index (χ0v) is 13.5. The van der Waals surface area contributed by atoms with Crippen molar-refractivity contribution in [2.45, 2.75) is 32.5 Å². The van der Waals surface area contributed by atoms with Gasteiger partial charge in [0.25, 0.3) is 0 Å². The van der Waals surface area contributed by atoms with E-state index in [0.29, 0.717) is 17.1 Å². The monoisotopic (exact) mass is 316 g/mol. The molecule has 0 radical (unpaired) electrons. The van der Waals surface area contributed by atoms with Gasteiger partial charge in [-0.1, -0.05) is 43.1 Å². The average molecular weight is 317 g/mol. The molecule has 20 heavy (non-hydrogen) atoms. The van der Waals surface area contributed by atoms with Crippen LogP contribution < -0.4 is 5.32 Å². The van der Waals surface area contributed by atoms with Crippen LogP contribution in [0.15, 0.2) is 18.2 Å². The minimum atomic E-state index is 0.387. The maximum Gasteiger partial charge on any atom is 0.0635 e. The summed E-state index contributed by atoms with van der Waals surface area (Å²) in [7, 11) is 0. The molecule has 0 spiro atoms. The van der Waals surface area contributed by atoms with Crippen molar-refractivity contribution < 1.29 is 4.74 Å². The molecule has 1 atom stereocenters. The number of halogens is 2. The minimum Gasteiger partial charge on any atom is -0.378 e. The van der Waals surface area contributed by atoms with Crippen molar-refractivity contribution in [3.63, 3.8) is 0 Å². The first-order valence-electron chi connectivity index (χ1n) is 7.05. The predicted molar refractivity (Wildman–Crippen MR) is 84.6 cm³/mol. The molecule has 1 aromatic rings. The summed E-state index contributed by atoms with van der Waals surface area (Å²) in [4.78, 5) is 2.42. The summed E-state index contributed by atoms with van der Waals surface area (Å²) in [6.07, 6.45) is 0. The van der Waals surface area contributed by atoms with Gasteiger partial charge in [0, 0.05) is 41.8 Å². The van der Waals surface area contributed by atoms with E-state index in [0.717, 1.165) is 43.4 Å². The molecule has 1 fully saturated rings. The van der Waals surface area contributed by atoms with Crippen LogP contribution >= 0.6 is 23.2 Å². The summed E-state index contributed by atoms with van der Waals surface area (Å²) < 4.78 is 5.60. The Labute approximate surface area is 131 Å². The van der Waals surface area contributed by atoms with E-state index in [9.17, 15) is 0 Å². The maximum atomic E-state index is 6.27. The molecule has 0 saturated carbocycles. The highest BCUT2D eigenvalue weighted by atomic mass is 35.5. The fourth-order valence-electron chi connectivity index (χ4n) is 2.33. The molecule has 1 heterocycles. The Kier molecular flexibility index (Phi) is 6.12. The average Bonchev–Trinajstić information content (AvgIpc) is 2.41. The normalized spacial score (nSPS) is 20.6. The van der Waals surface area contributed by atoms with Gasteiger partial charge >= 0.3 is 0 Å². The van der Waals surface area contributed by atoms with Crippen LogP contribution in [-0.2, 0) is 11.3 Å². The second-order valence-corrected chi connectivity index (χ2v) is 6.34. The zero-order chi connectivity index (χ0) is 14.5. The Morgan fingerprint density at radius 3 is 2.90 bits per heavy atom. The van der Waals surface area contributed by atoms with E-state index >= 15 is 0 Å². The molecule has 0 amide bonds. The van der Waals surface area contributed by atoms with Crippen LogP contribution in [0.2, 0.25) is 10.0 Å². The zero-order valence-electron chi connectivity index (χ0n) is 12.0. The van der Waals surface area contributed by atoms with Crippen LogP contribution in [0.4, 0.5) is 0 Å². The third kappa shape index (κ3) is 4.61. The highest BCUT2D eigenvalue weighted by Crippen LogP contribution is 2.23. The van der Waals surface area contributed by atoms with Crippen molar-refractivity contribution in [1.82, 2.24) is 10.2 Å². The lowest BCUT2D eigenvalue weighted by atomic mass is 10.1. The van der Waals surface area contributed by atoms with Crippen LogP contribution in [0.5, 0.6) is 0 Å². The second kappa shape index (κ2) is 7.62. The maximum absolute atomic E-state index is 6.27. The fraction of sp³-hybridized carbons (Fsp3) is 0.600. The van der Waals surface area contributed by atoms with E-state index in [1.165, 1.54) is 0 Å². The van der Waals surface area contributed by atoms with Crippen LogP contribution in [0.25, 0.3) is 0 Å². The molecule has 1 unspecified atom stereocenters. The van der Waals surface area contributed by atoms with Gasteiger partial charge in [0.15, 0.2) is 0 Å². The minimum absolute atomic E-state index is 0.387. The molecule has 1 N–H and O–H groups in total. The van der Waals surface area contributed by atoms with Gasteiger partial charge < -0.3 is 10.1 Å². The van der Waals surface area contributed by atoms with Gasteiger partial charge in [-0.15, -0.1) is 0 Å². The molecule has 3 nitrogen and oxygen atoms in total. The number of nitrogens with zero attached hydrogens (tertiary/aromatic N) is 1. The first-order valence-corrected chi connectivity index (χ1v) is 7.81. The summed E-state index contributed by atoms with van der Waals surface area (Å²) in [5.41, 5.74) is 1.12. The fourth-order valence-corrected chi connectivity index (χ4v) is 2.79. The molecular formula is C15H22Cl2N2O. The smallest absolute Gasteiger partial charge is 0.0635 e. The van der Waals surface area contributed by atoms with Crippen molar-refractivity contribution in [2.75, 3.05) is 26.3 Å². The van der Waals surface area contributed by atoms with E-state index in [-0.39, 0.29) is 0 Å². The van der Waals surface area contributed by atoms with Gasteiger partial charge in [0.05, 0.1) is 13.2 Å². The van der Waals surface area contributed by atoms with Gasteiger partial charge in [0.2, 0.25) is 0 Å². The first kappa shape index (κ1) is 16.1. The number of morpholine rings is 1. The van der Waals surface area contributed by atoms with Crippen molar-refractivity contribution in [3.8, 4) is 0 Å². The Bertz CT molecular complexity index is 440. The standard InChI is InChI=1S/C15H22Cl2N2O/c1-11(2)18-8-14-10-20-6-5-19(14)9-12-3-4-13(16)7-15(12)17/h3-4,7,11,14,18H,5-6,8-10H2,1-2H3. The van der Waals surface area contributed by atoms with Crippen LogP contribution in [0.1, 0.15) is 19.4 Å². The lowest BCUT2D eigenvalue weighted by Crippen LogP contribution is -2.50. The van der Waals surface area contributed by atoms with E-state index in [4.69, 9.17) is 27.9 Å².